The maximum absolute atomic E-state index is 12.1. The molecule has 8 heteroatoms. The number of aryl methyl sites for hydroxylation is 1. The largest absolute Gasteiger partial charge is 0.464 e. The number of carbonyl (C=O) groups excluding carboxylic acids is 1. The van der Waals surface area contributed by atoms with E-state index in [1.54, 1.807) is 18.2 Å². The summed E-state index contributed by atoms with van der Waals surface area (Å²) >= 11 is 0. The quantitative estimate of drug-likeness (QED) is 0.709. The third kappa shape index (κ3) is 2.48. The van der Waals surface area contributed by atoms with Gasteiger partial charge in [0.15, 0.2) is 11.5 Å². The van der Waals surface area contributed by atoms with Crippen molar-refractivity contribution in [1.82, 2.24) is 19.7 Å². The average Bonchev–Trinajstić information content (AvgIpc) is 3.17. The topological polar surface area (TPSA) is 123 Å². The van der Waals surface area contributed by atoms with Crippen LogP contribution in [-0.2, 0) is 4.74 Å². The van der Waals surface area contributed by atoms with Crippen molar-refractivity contribution >= 4 is 11.7 Å². The highest BCUT2D eigenvalue weighted by Crippen LogP contribution is 2.26. The number of ether oxygens (including phenoxy) is 1. The molecule has 0 unspecified atom stereocenters. The van der Waals surface area contributed by atoms with Crippen molar-refractivity contribution in [3.05, 3.63) is 47.5 Å². The van der Waals surface area contributed by atoms with E-state index in [-0.39, 0.29) is 16.9 Å². The van der Waals surface area contributed by atoms with Crippen LogP contribution in [0.4, 0.5) is 5.69 Å². The van der Waals surface area contributed by atoms with Crippen LogP contribution in [0.2, 0.25) is 0 Å². The number of rotatable bonds is 3. The summed E-state index contributed by atoms with van der Waals surface area (Å²) in [4.78, 5) is 16.3. The lowest BCUT2D eigenvalue weighted by Crippen LogP contribution is -2.11. The summed E-state index contributed by atoms with van der Waals surface area (Å²) in [5, 5.41) is 16.1. The Morgan fingerprint density at radius 2 is 2.25 bits per heavy atom. The molecule has 120 valence electrons. The molecule has 0 radical (unpaired) electrons. The Kier molecular flexibility index (Phi) is 3.75. The molecular formula is C16H14N6O2. The molecule has 24 heavy (non-hydrogen) atoms. The van der Waals surface area contributed by atoms with Crippen LogP contribution in [0.25, 0.3) is 17.1 Å². The van der Waals surface area contributed by atoms with Gasteiger partial charge in [0.1, 0.15) is 11.9 Å². The molecule has 1 aromatic carbocycles. The van der Waals surface area contributed by atoms with Gasteiger partial charge in [-0.2, -0.15) is 10.4 Å². The summed E-state index contributed by atoms with van der Waals surface area (Å²) in [5.74, 6) is 0.616. The van der Waals surface area contributed by atoms with Gasteiger partial charge in [-0.15, -0.1) is 0 Å². The third-order valence-electron chi connectivity index (χ3n) is 3.52. The molecule has 0 aliphatic heterocycles. The third-order valence-corrected chi connectivity index (χ3v) is 3.52. The molecule has 0 saturated carbocycles. The van der Waals surface area contributed by atoms with E-state index >= 15 is 0 Å². The molecule has 0 aliphatic rings. The first-order valence-electron chi connectivity index (χ1n) is 7.04. The molecule has 0 saturated heterocycles. The van der Waals surface area contributed by atoms with Crippen molar-refractivity contribution < 1.29 is 9.53 Å². The SMILES string of the molecule is COC(=O)c1c(N)c(C#N)cn1-c1cccc(-c2n[nH]c(C)n2)c1. The first kappa shape index (κ1) is 15.3. The molecule has 8 nitrogen and oxygen atoms in total. The number of hydrogen-bond donors (Lipinski definition) is 2. The van der Waals surface area contributed by atoms with Gasteiger partial charge in [-0.05, 0) is 19.1 Å². The summed E-state index contributed by atoms with van der Waals surface area (Å²) in [6.45, 7) is 1.81. The van der Waals surface area contributed by atoms with Gasteiger partial charge in [-0.3, -0.25) is 5.10 Å². The van der Waals surface area contributed by atoms with E-state index in [9.17, 15) is 10.1 Å². The molecule has 3 rings (SSSR count). The molecule has 0 amide bonds. The normalized spacial score (nSPS) is 10.4. The van der Waals surface area contributed by atoms with Crippen LogP contribution in [0.15, 0.2) is 30.5 Å². The van der Waals surface area contributed by atoms with Crippen molar-refractivity contribution in [2.45, 2.75) is 6.92 Å². The predicted octanol–water partition coefficient (Wildman–Crippen LogP) is 1.81. The minimum absolute atomic E-state index is 0.0866. The second-order valence-corrected chi connectivity index (χ2v) is 5.07. The maximum Gasteiger partial charge on any atom is 0.357 e. The Bertz CT molecular complexity index is 963. The zero-order valence-corrected chi connectivity index (χ0v) is 13.1. The highest BCUT2D eigenvalue weighted by molar-refractivity contribution is 5.96. The van der Waals surface area contributed by atoms with Crippen LogP contribution in [0, 0.1) is 18.3 Å². The number of benzene rings is 1. The number of nitriles is 1. The fourth-order valence-electron chi connectivity index (χ4n) is 2.38. The predicted molar refractivity (Wildman–Crippen MR) is 86.3 cm³/mol. The van der Waals surface area contributed by atoms with Crippen LogP contribution in [-0.4, -0.2) is 32.8 Å². The molecule has 0 bridgehead atoms. The standard InChI is InChI=1S/C16H14N6O2/c1-9-19-15(21-20-9)10-4-3-5-12(6-10)22-8-11(7-17)13(18)14(22)16(23)24-2/h3-6,8H,18H2,1-2H3,(H,19,20,21). The highest BCUT2D eigenvalue weighted by atomic mass is 16.5. The van der Waals surface area contributed by atoms with Gasteiger partial charge in [0.2, 0.25) is 0 Å². The smallest absolute Gasteiger partial charge is 0.357 e. The number of nitrogens with two attached hydrogens (primary N) is 1. The number of carbonyl (C=O) groups is 1. The second kappa shape index (κ2) is 5.89. The molecule has 3 N–H and O–H groups in total. The molecule has 3 aromatic rings. The Balaban J connectivity index is 2.16. The highest BCUT2D eigenvalue weighted by Gasteiger charge is 2.22. The number of hydrogen-bond acceptors (Lipinski definition) is 6. The summed E-state index contributed by atoms with van der Waals surface area (Å²) in [6.07, 6.45) is 1.50. The van der Waals surface area contributed by atoms with E-state index in [4.69, 9.17) is 10.5 Å². The minimum atomic E-state index is -0.617. The molecular weight excluding hydrogens is 308 g/mol. The van der Waals surface area contributed by atoms with E-state index in [1.807, 2.05) is 19.1 Å². The lowest BCUT2D eigenvalue weighted by atomic mass is 10.2. The first-order chi connectivity index (χ1) is 11.5. The lowest BCUT2D eigenvalue weighted by molar-refractivity contribution is 0.0593. The number of anilines is 1. The second-order valence-electron chi connectivity index (χ2n) is 5.07. The number of aromatic nitrogens is 4. The van der Waals surface area contributed by atoms with Gasteiger partial charge >= 0.3 is 5.97 Å². The van der Waals surface area contributed by atoms with E-state index in [2.05, 4.69) is 15.2 Å². The van der Waals surface area contributed by atoms with Crippen LogP contribution in [0.3, 0.4) is 0 Å². The van der Waals surface area contributed by atoms with Gasteiger partial charge < -0.3 is 15.0 Å². The van der Waals surface area contributed by atoms with Crippen LogP contribution >= 0.6 is 0 Å². The summed E-state index contributed by atoms with van der Waals surface area (Å²) in [6, 6.07) is 9.21. The van der Waals surface area contributed by atoms with E-state index in [0.717, 1.165) is 5.56 Å². The van der Waals surface area contributed by atoms with Crippen molar-refractivity contribution in [3.63, 3.8) is 0 Å². The first-order valence-corrected chi connectivity index (χ1v) is 7.04. The Labute approximate surface area is 137 Å². The molecule has 0 fully saturated rings. The van der Waals surface area contributed by atoms with Crippen LogP contribution < -0.4 is 5.73 Å². The van der Waals surface area contributed by atoms with Gasteiger partial charge in [-0.1, -0.05) is 12.1 Å². The van der Waals surface area contributed by atoms with Gasteiger partial charge in [-0.25, -0.2) is 9.78 Å². The number of nitrogens with one attached hydrogen (secondary N) is 1. The van der Waals surface area contributed by atoms with Gasteiger partial charge in [0.25, 0.3) is 0 Å². The fourth-order valence-corrected chi connectivity index (χ4v) is 2.38. The molecule has 2 heterocycles. The Morgan fingerprint density at radius 3 is 2.88 bits per heavy atom. The molecule has 0 aliphatic carbocycles. The number of methoxy groups -OCH3 is 1. The van der Waals surface area contributed by atoms with E-state index in [1.165, 1.54) is 17.9 Å². The lowest BCUT2D eigenvalue weighted by Gasteiger charge is -2.09. The Hall–Kier alpha value is -3.60. The van der Waals surface area contributed by atoms with Crippen molar-refractivity contribution in [2.75, 3.05) is 12.8 Å². The average molecular weight is 322 g/mol. The monoisotopic (exact) mass is 322 g/mol. The van der Waals surface area contributed by atoms with E-state index < -0.39 is 5.97 Å². The summed E-state index contributed by atoms with van der Waals surface area (Å²) in [5.41, 5.74) is 7.71. The number of nitrogen functional groups attached to an aromatic ring is 1. The minimum Gasteiger partial charge on any atom is -0.464 e. The number of aromatic amines is 1. The van der Waals surface area contributed by atoms with Crippen LogP contribution in [0.5, 0.6) is 0 Å². The number of nitrogens with zero attached hydrogens (tertiary/aromatic N) is 4. The summed E-state index contributed by atoms with van der Waals surface area (Å²) < 4.78 is 6.31. The molecule has 0 spiro atoms. The molecule has 2 aromatic heterocycles. The summed E-state index contributed by atoms with van der Waals surface area (Å²) in [7, 11) is 1.26. The van der Waals surface area contributed by atoms with Gasteiger partial charge in [0.05, 0.1) is 18.4 Å². The van der Waals surface area contributed by atoms with E-state index in [0.29, 0.717) is 17.3 Å². The van der Waals surface area contributed by atoms with Crippen LogP contribution in [0.1, 0.15) is 21.9 Å². The number of esters is 1. The van der Waals surface area contributed by atoms with Crippen molar-refractivity contribution in [1.29, 1.82) is 5.26 Å². The Morgan fingerprint density at radius 1 is 1.46 bits per heavy atom. The maximum atomic E-state index is 12.1. The zero-order valence-electron chi connectivity index (χ0n) is 13.1. The van der Waals surface area contributed by atoms with Gasteiger partial charge in [0, 0.05) is 17.4 Å². The zero-order chi connectivity index (χ0) is 17.3. The van der Waals surface area contributed by atoms with Crippen molar-refractivity contribution in [3.8, 4) is 23.1 Å². The number of H-pyrrole nitrogens is 1. The van der Waals surface area contributed by atoms with Crippen molar-refractivity contribution in [2.24, 2.45) is 0 Å². The fraction of sp³-hybridized carbons (Fsp3) is 0.125. The molecule has 0 atom stereocenters.